The van der Waals surface area contributed by atoms with Crippen LogP contribution < -0.4 is 11.1 Å². The number of nitrogens with two attached hydrogens (primary N) is 1. The number of guanidine groups is 1. The van der Waals surface area contributed by atoms with Crippen LogP contribution in [0.5, 0.6) is 0 Å². The maximum absolute atomic E-state index is 10.1. The number of hydrogen-bond donors (Lipinski definition) is 3. The Morgan fingerprint density at radius 2 is 2.26 bits per heavy atom. The molecule has 1 aliphatic carbocycles. The van der Waals surface area contributed by atoms with Gasteiger partial charge in [-0.15, -0.1) is 0 Å². The van der Waals surface area contributed by atoms with E-state index in [-0.39, 0.29) is 17.6 Å². The molecule has 0 aromatic rings. The SMILES string of the molecule is CC1(CN=C(N)NCC2CCCO2)CCCCC1O. The lowest BCUT2D eigenvalue weighted by atomic mass is 9.73. The zero-order valence-corrected chi connectivity index (χ0v) is 11.9. The summed E-state index contributed by atoms with van der Waals surface area (Å²) in [5.41, 5.74) is 5.76. The lowest BCUT2D eigenvalue weighted by molar-refractivity contribution is 0.00718. The molecular formula is C14H27N3O2. The van der Waals surface area contributed by atoms with Gasteiger partial charge in [0, 0.05) is 18.6 Å². The van der Waals surface area contributed by atoms with Crippen LogP contribution in [0, 0.1) is 5.41 Å². The van der Waals surface area contributed by atoms with E-state index in [2.05, 4.69) is 17.2 Å². The van der Waals surface area contributed by atoms with Crippen molar-refractivity contribution in [1.82, 2.24) is 5.32 Å². The zero-order chi connectivity index (χ0) is 13.7. The summed E-state index contributed by atoms with van der Waals surface area (Å²) < 4.78 is 5.52. The normalized spacial score (nSPS) is 36.4. The molecule has 3 unspecified atom stereocenters. The molecule has 5 heteroatoms. The van der Waals surface area contributed by atoms with Gasteiger partial charge in [0.25, 0.3) is 0 Å². The first-order valence-electron chi connectivity index (χ1n) is 7.44. The molecule has 1 saturated heterocycles. The molecule has 19 heavy (non-hydrogen) atoms. The van der Waals surface area contributed by atoms with E-state index in [1.165, 1.54) is 6.42 Å². The van der Waals surface area contributed by atoms with Gasteiger partial charge in [-0.25, -0.2) is 0 Å². The van der Waals surface area contributed by atoms with Crippen LogP contribution in [0.4, 0.5) is 0 Å². The van der Waals surface area contributed by atoms with Gasteiger partial charge >= 0.3 is 0 Å². The highest BCUT2D eigenvalue weighted by Gasteiger charge is 2.35. The number of aliphatic hydroxyl groups excluding tert-OH is 1. The number of aliphatic hydroxyl groups is 1. The van der Waals surface area contributed by atoms with E-state index in [9.17, 15) is 5.11 Å². The van der Waals surface area contributed by atoms with Gasteiger partial charge in [-0.3, -0.25) is 4.99 Å². The molecule has 0 aromatic heterocycles. The summed E-state index contributed by atoms with van der Waals surface area (Å²) >= 11 is 0. The van der Waals surface area contributed by atoms with E-state index >= 15 is 0 Å². The summed E-state index contributed by atoms with van der Waals surface area (Å²) in [6.45, 7) is 4.29. The predicted octanol–water partition coefficient (Wildman–Crippen LogP) is 1.01. The number of hydrogen-bond acceptors (Lipinski definition) is 3. The minimum Gasteiger partial charge on any atom is -0.392 e. The molecule has 0 bridgehead atoms. The van der Waals surface area contributed by atoms with Crippen LogP contribution in [-0.2, 0) is 4.74 Å². The Balaban J connectivity index is 1.76. The average molecular weight is 269 g/mol. The largest absolute Gasteiger partial charge is 0.392 e. The number of nitrogens with zero attached hydrogens (tertiary/aromatic N) is 1. The molecule has 0 aromatic carbocycles. The van der Waals surface area contributed by atoms with E-state index in [1.54, 1.807) is 0 Å². The smallest absolute Gasteiger partial charge is 0.188 e. The van der Waals surface area contributed by atoms with Gasteiger partial charge < -0.3 is 20.9 Å². The fourth-order valence-corrected chi connectivity index (χ4v) is 2.91. The fraction of sp³-hybridized carbons (Fsp3) is 0.929. The number of nitrogens with one attached hydrogen (secondary N) is 1. The van der Waals surface area contributed by atoms with Gasteiger partial charge in [0.15, 0.2) is 5.96 Å². The molecule has 0 amide bonds. The van der Waals surface area contributed by atoms with Crippen molar-refractivity contribution in [2.75, 3.05) is 19.7 Å². The number of aliphatic imine (C=N–C) groups is 1. The van der Waals surface area contributed by atoms with Crippen molar-refractivity contribution in [1.29, 1.82) is 0 Å². The average Bonchev–Trinajstić information content (AvgIpc) is 2.91. The molecular weight excluding hydrogens is 242 g/mol. The van der Waals surface area contributed by atoms with Crippen molar-refractivity contribution in [3.05, 3.63) is 0 Å². The van der Waals surface area contributed by atoms with E-state index in [1.807, 2.05) is 0 Å². The maximum atomic E-state index is 10.1. The van der Waals surface area contributed by atoms with E-state index < -0.39 is 0 Å². The Hall–Kier alpha value is -0.810. The molecule has 5 nitrogen and oxygen atoms in total. The fourth-order valence-electron chi connectivity index (χ4n) is 2.91. The Morgan fingerprint density at radius 1 is 1.42 bits per heavy atom. The van der Waals surface area contributed by atoms with Crippen LogP contribution in [0.1, 0.15) is 45.4 Å². The lowest BCUT2D eigenvalue weighted by Gasteiger charge is -2.37. The molecule has 1 heterocycles. The molecule has 4 N–H and O–H groups in total. The van der Waals surface area contributed by atoms with Gasteiger partial charge in [0.05, 0.1) is 18.8 Å². The van der Waals surface area contributed by atoms with E-state index in [0.717, 1.165) is 45.3 Å². The third-order valence-corrected chi connectivity index (χ3v) is 4.43. The molecule has 110 valence electrons. The lowest BCUT2D eigenvalue weighted by Crippen LogP contribution is -2.41. The summed E-state index contributed by atoms with van der Waals surface area (Å²) in [4.78, 5) is 4.40. The third-order valence-electron chi connectivity index (χ3n) is 4.43. The number of rotatable bonds is 4. The van der Waals surface area contributed by atoms with Crippen LogP contribution in [0.25, 0.3) is 0 Å². The topological polar surface area (TPSA) is 79.9 Å². The second-order valence-electron chi connectivity index (χ2n) is 6.13. The summed E-state index contributed by atoms with van der Waals surface area (Å²) in [7, 11) is 0. The van der Waals surface area contributed by atoms with Crippen LogP contribution in [-0.4, -0.2) is 43.0 Å². The quantitative estimate of drug-likeness (QED) is 0.525. The van der Waals surface area contributed by atoms with Gasteiger partial charge in [-0.1, -0.05) is 19.8 Å². The Morgan fingerprint density at radius 3 is 2.95 bits per heavy atom. The van der Waals surface area contributed by atoms with Crippen molar-refractivity contribution in [3.8, 4) is 0 Å². The highest BCUT2D eigenvalue weighted by atomic mass is 16.5. The first-order valence-corrected chi connectivity index (χ1v) is 7.44. The Kier molecular flexibility index (Phi) is 5.05. The first kappa shape index (κ1) is 14.6. The predicted molar refractivity (Wildman–Crippen MR) is 76.0 cm³/mol. The second-order valence-corrected chi connectivity index (χ2v) is 6.13. The zero-order valence-electron chi connectivity index (χ0n) is 11.9. The molecule has 2 fully saturated rings. The molecule has 1 aliphatic heterocycles. The molecule has 0 radical (unpaired) electrons. The minimum atomic E-state index is -0.254. The van der Waals surface area contributed by atoms with E-state index in [0.29, 0.717) is 12.5 Å². The van der Waals surface area contributed by atoms with Crippen LogP contribution in [0.3, 0.4) is 0 Å². The van der Waals surface area contributed by atoms with Crippen LogP contribution in [0.15, 0.2) is 4.99 Å². The second kappa shape index (κ2) is 6.57. The van der Waals surface area contributed by atoms with Crippen molar-refractivity contribution in [2.45, 2.75) is 57.7 Å². The van der Waals surface area contributed by atoms with Crippen molar-refractivity contribution < 1.29 is 9.84 Å². The maximum Gasteiger partial charge on any atom is 0.188 e. The molecule has 3 atom stereocenters. The Bertz CT molecular complexity index is 316. The summed E-state index contributed by atoms with van der Waals surface area (Å²) in [6.07, 6.45) is 6.44. The Labute approximate surface area is 115 Å². The van der Waals surface area contributed by atoms with Gasteiger partial charge in [-0.05, 0) is 25.7 Å². The van der Waals surface area contributed by atoms with Crippen LogP contribution >= 0.6 is 0 Å². The minimum absolute atomic E-state index is 0.117. The molecule has 2 rings (SSSR count). The monoisotopic (exact) mass is 269 g/mol. The van der Waals surface area contributed by atoms with Crippen molar-refractivity contribution >= 4 is 5.96 Å². The summed E-state index contributed by atoms with van der Waals surface area (Å²) in [5.74, 6) is 0.467. The highest BCUT2D eigenvalue weighted by Crippen LogP contribution is 2.36. The van der Waals surface area contributed by atoms with E-state index in [4.69, 9.17) is 10.5 Å². The van der Waals surface area contributed by atoms with Gasteiger partial charge in [-0.2, -0.15) is 0 Å². The van der Waals surface area contributed by atoms with Gasteiger partial charge in [0.2, 0.25) is 0 Å². The molecule has 2 aliphatic rings. The highest BCUT2D eigenvalue weighted by molar-refractivity contribution is 5.77. The molecule has 0 spiro atoms. The van der Waals surface area contributed by atoms with Crippen molar-refractivity contribution in [2.24, 2.45) is 16.1 Å². The van der Waals surface area contributed by atoms with Crippen molar-refractivity contribution in [3.63, 3.8) is 0 Å². The third kappa shape index (κ3) is 4.08. The summed E-state index contributed by atoms with van der Waals surface area (Å²) in [6, 6.07) is 0. The van der Waals surface area contributed by atoms with Crippen LogP contribution in [0.2, 0.25) is 0 Å². The van der Waals surface area contributed by atoms with Gasteiger partial charge in [0.1, 0.15) is 0 Å². The molecule has 1 saturated carbocycles. The first-order chi connectivity index (χ1) is 9.10. The standard InChI is InChI=1S/C14H27N3O2/c1-14(7-3-2-6-12(14)18)10-17-13(15)16-9-11-5-4-8-19-11/h11-12,18H,2-10H2,1H3,(H3,15,16,17). The number of ether oxygens (including phenoxy) is 1. The summed E-state index contributed by atoms with van der Waals surface area (Å²) in [5, 5.41) is 13.2.